The molecular weight excluding hydrogens is 251 g/mol. The molecule has 0 unspecified atom stereocenters. The number of aromatic nitrogens is 2. The second-order valence-electron chi connectivity index (χ2n) is 4.97. The molecule has 20 heavy (non-hydrogen) atoms. The van der Waals surface area contributed by atoms with E-state index in [0.717, 1.165) is 16.8 Å². The molecule has 100 valence electrons. The van der Waals surface area contributed by atoms with Gasteiger partial charge in [-0.3, -0.25) is 0 Å². The number of nitrogens with zero attached hydrogens (tertiary/aromatic N) is 2. The third-order valence-corrected chi connectivity index (χ3v) is 3.34. The van der Waals surface area contributed by atoms with Crippen molar-refractivity contribution < 1.29 is 4.39 Å². The van der Waals surface area contributed by atoms with Crippen molar-refractivity contribution in [2.75, 3.05) is 0 Å². The maximum atomic E-state index is 13.3. The Kier molecular flexibility index (Phi) is 3.11. The third kappa shape index (κ3) is 2.35. The summed E-state index contributed by atoms with van der Waals surface area (Å²) in [5.74, 6) is -0.234. The smallest absolute Gasteiger partial charge is 0.123 e. The molecule has 1 aromatic heterocycles. The van der Waals surface area contributed by atoms with Crippen molar-refractivity contribution in [3.05, 3.63) is 71.8 Å². The third-order valence-electron chi connectivity index (χ3n) is 3.34. The fraction of sp³-hybridized carbons (Fsp3) is 0.118. The zero-order chi connectivity index (χ0) is 14.1. The van der Waals surface area contributed by atoms with Gasteiger partial charge in [-0.15, -0.1) is 0 Å². The lowest BCUT2D eigenvalue weighted by molar-refractivity contribution is 0.628. The molecule has 0 saturated carbocycles. The summed E-state index contributed by atoms with van der Waals surface area (Å²) in [6.07, 6.45) is 3.68. The van der Waals surface area contributed by atoms with Crippen LogP contribution in [-0.4, -0.2) is 9.78 Å². The van der Waals surface area contributed by atoms with Crippen molar-refractivity contribution in [1.29, 1.82) is 0 Å². The molecule has 2 nitrogen and oxygen atoms in total. The largest absolute Gasteiger partial charge is 0.240 e. The maximum Gasteiger partial charge on any atom is 0.123 e. The summed E-state index contributed by atoms with van der Waals surface area (Å²) in [6, 6.07) is 12.8. The zero-order valence-electron chi connectivity index (χ0n) is 11.5. The first-order chi connectivity index (χ1) is 9.63. The average Bonchev–Trinajstić information content (AvgIpc) is 2.88. The van der Waals surface area contributed by atoms with Crippen LogP contribution < -0.4 is 0 Å². The van der Waals surface area contributed by atoms with Gasteiger partial charge in [0.15, 0.2) is 0 Å². The number of benzene rings is 2. The SMILES string of the molecule is Cc1ccc(-n2cc(-c3cccc(F)c3)cn2)c(C)c1. The van der Waals surface area contributed by atoms with Crippen molar-refractivity contribution in [2.24, 2.45) is 0 Å². The molecule has 2 aromatic carbocycles. The highest BCUT2D eigenvalue weighted by molar-refractivity contribution is 5.62. The monoisotopic (exact) mass is 266 g/mol. The van der Waals surface area contributed by atoms with E-state index >= 15 is 0 Å². The molecule has 3 aromatic rings. The van der Waals surface area contributed by atoms with Crippen molar-refractivity contribution in [3.63, 3.8) is 0 Å². The Labute approximate surface area is 117 Å². The molecule has 0 aliphatic rings. The van der Waals surface area contributed by atoms with Crippen molar-refractivity contribution in [3.8, 4) is 16.8 Å². The van der Waals surface area contributed by atoms with Crippen LogP contribution in [-0.2, 0) is 0 Å². The van der Waals surface area contributed by atoms with Crippen LogP contribution >= 0.6 is 0 Å². The average molecular weight is 266 g/mol. The molecule has 0 saturated heterocycles. The Morgan fingerprint density at radius 3 is 2.60 bits per heavy atom. The minimum atomic E-state index is -0.234. The lowest BCUT2D eigenvalue weighted by Gasteiger charge is -2.06. The van der Waals surface area contributed by atoms with Gasteiger partial charge in [0.05, 0.1) is 11.9 Å². The van der Waals surface area contributed by atoms with E-state index in [9.17, 15) is 4.39 Å². The lowest BCUT2D eigenvalue weighted by atomic mass is 10.1. The van der Waals surface area contributed by atoms with Crippen LogP contribution in [0.3, 0.4) is 0 Å². The fourth-order valence-corrected chi connectivity index (χ4v) is 2.33. The maximum absolute atomic E-state index is 13.3. The molecule has 0 atom stereocenters. The first-order valence-electron chi connectivity index (χ1n) is 6.52. The van der Waals surface area contributed by atoms with Crippen LogP contribution in [0.25, 0.3) is 16.8 Å². The fourth-order valence-electron chi connectivity index (χ4n) is 2.33. The van der Waals surface area contributed by atoms with Gasteiger partial charge in [-0.25, -0.2) is 9.07 Å². The Hall–Kier alpha value is -2.42. The highest BCUT2D eigenvalue weighted by Crippen LogP contribution is 2.22. The Balaban J connectivity index is 2.02. The van der Waals surface area contributed by atoms with E-state index in [2.05, 4.69) is 31.1 Å². The standard InChI is InChI=1S/C17H15FN2/c1-12-6-7-17(13(2)8-12)20-11-15(10-19-20)14-4-3-5-16(18)9-14/h3-11H,1-2H3. The second-order valence-corrected chi connectivity index (χ2v) is 4.97. The molecule has 0 bridgehead atoms. The molecule has 0 radical (unpaired) electrons. The summed E-state index contributed by atoms with van der Waals surface area (Å²) in [6.45, 7) is 4.13. The van der Waals surface area contributed by atoms with Gasteiger partial charge in [-0.2, -0.15) is 5.10 Å². The van der Waals surface area contributed by atoms with Crippen LogP contribution in [0.1, 0.15) is 11.1 Å². The molecular formula is C17H15FN2. The Morgan fingerprint density at radius 2 is 1.85 bits per heavy atom. The Bertz CT molecular complexity index is 759. The molecule has 1 heterocycles. The van der Waals surface area contributed by atoms with Gasteiger partial charge < -0.3 is 0 Å². The number of rotatable bonds is 2. The van der Waals surface area contributed by atoms with E-state index in [4.69, 9.17) is 0 Å². The number of aryl methyl sites for hydroxylation is 2. The van der Waals surface area contributed by atoms with Crippen LogP contribution in [0.4, 0.5) is 4.39 Å². The van der Waals surface area contributed by atoms with E-state index < -0.39 is 0 Å². The normalized spacial score (nSPS) is 10.8. The quantitative estimate of drug-likeness (QED) is 0.676. The summed E-state index contributed by atoms with van der Waals surface area (Å²) in [7, 11) is 0. The first kappa shape index (κ1) is 12.6. The van der Waals surface area contributed by atoms with Crippen LogP contribution in [0.2, 0.25) is 0 Å². The van der Waals surface area contributed by atoms with Gasteiger partial charge >= 0.3 is 0 Å². The molecule has 0 fully saturated rings. The predicted octanol–water partition coefficient (Wildman–Crippen LogP) is 4.30. The van der Waals surface area contributed by atoms with E-state index in [-0.39, 0.29) is 5.82 Å². The predicted molar refractivity (Wildman–Crippen MR) is 78.4 cm³/mol. The van der Waals surface area contributed by atoms with Crippen molar-refractivity contribution in [1.82, 2.24) is 9.78 Å². The highest BCUT2D eigenvalue weighted by atomic mass is 19.1. The molecule has 0 N–H and O–H groups in total. The van der Waals surface area contributed by atoms with Crippen LogP contribution in [0, 0.1) is 19.7 Å². The number of hydrogen-bond donors (Lipinski definition) is 0. The Morgan fingerprint density at radius 1 is 1.00 bits per heavy atom. The van der Waals surface area contributed by atoms with E-state index in [0.29, 0.717) is 0 Å². The molecule has 0 aliphatic heterocycles. The highest BCUT2D eigenvalue weighted by Gasteiger charge is 2.06. The lowest BCUT2D eigenvalue weighted by Crippen LogP contribution is -1.97. The summed E-state index contributed by atoms with van der Waals surface area (Å²) >= 11 is 0. The van der Waals surface area contributed by atoms with Gasteiger partial charge in [0.2, 0.25) is 0 Å². The van der Waals surface area contributed by atoms with Gasteiger partial charge in [0, 0.05) is 11.8 Å². The minimum Gasteiger partial charge on any atom is -0.240 e. The molecule has 0 amide bonds. The zero-order valence-corrected chi connectivity index (χ0v) is 11.5. The summed E-state index contributed by atoms with van der Waals surface area (Å²) in [5.41, 5.74) is 5.17. The minimum absolute atomic E-state index is 0.234. The summed E-state index contributed by atoms with van der Waals surface area (Å²) in [5, 5.41) is 4.38. The van der Waals surface area contributed by atoms with E-state index in [1.807, 2.05) is 23.0 Å². The van der Waals surface area contributed by atoms with Crippen LogP contribution in [0.15, 0.2) is 54.9 Å². The number of hydrogen-bond acceptors (Lipinski definition) is 1. The van der Waals surface area contributed by atoms with Crippen molar-refractivity contribution >= 4 is 0 Å². The van der Waals surface area contributed by atoms with Gasteiger partial charge in [0.25, 0.3) is 0 Å². The van der Waals surface area contributed by atoms with Gasteiger partial charge in [0.1, 0.15) is 5.82 Å². The molecule has 0 aliphatic carbocycles. The summed E-state index contributed by atoms with van der Waals surface area (Å²) < 4.78 is 15.1. The molecule has 0 spiro atoms. The van der Waals surface area contributed by atoms with E-state index in [1.165, 1.54) is 23.3 Å². The topological polar surface area (TPSA) is 17.8 Å². The molecule has 3 heteroatoms. The van der Waals surface area contributed by atoms with E-state index in [1.54, 1.807) is 12.3 Å². The second kappa shape index (κ2) is 4.93. The molecule has 3 rings (SSSR count). The van der Waals surface area contributed by atoms with Gasteiger partial charge in [-0.05, 0) is 43.2 Å². The first-order valence-corrected chi connectivity index (χ1v) is 6.52. The number of halogens is 1. The van der Waals surface area contributed by atoms with Gasteiger partial charge in [-0.1, -0.05) is 29.8 Å². The summed E-state index contributed by atoms with van der Waals surface area (Å²) in [4.78, 5) is 0. The van der Waals surface area contributed by atoms with Crippen LogP contribution in [0.5, 0.6) is 0 Å². The van der Waals surface area contributed by atoms with Crippen molar-refractivity contribution in [2.45, 2.75) is 13.8 Å².